The smallest absolute Gasteiger partial charge is 0.322 e. The summed E-state index contributed by atoms with van der Waals surface area (Å²) in [4.78, 5) is 34.9. The van der Waals surface area contributed by atoms with Gasteiger partial charge >= 0.3 is 11.9 Å². The van der Waals surface area contributed by atoms with Gasteiger partial charge in [0.15, 0.2) is 0 Å². The number of esters is 1. The van der Waals surface area contributed by atoms with Crippen LogP contribution < -0.4 is 5.32 Å². The number of nitrogens with one attached hydrogen (secondary N) is 1. The van der Waals surface area contributed by atoms with Gasteiger partial charge in [-0.25, -0.2) is 0 Å². The van der Waals surface area contributed by atoms with Crippen molar-refractivity contribution < 1.29 is 24.2 Å². The van der Waals surface area contributed by atoms with Crippen LogP contribution >= 0.6 is 0 Å². The van der Waals surface area contributed by atoms with Crippen molar-refractivity contribution in [1.82, 2.24) is 5.32 Å². The van der Waals surface area contributed by atoms with Crippen molar-refractivity contribution >= 4 is 17.8 Å². The number of allylic oxidation sites excluding steroid dienone is 8. The molecule has 1 amide bonds. The topological polar surface area (TPSA) is 92.7 Å². The van der Waals surface area contributed by atoms with Gasteiger partial charge in [-0.05, 0) is 64.2 Å². The summed E-state index contributed by atoms with van der Waals surface area (Å²) in [6.07, 6.45) is 46.6. The summed E-state index contributed by atoms with van der Waals surface area (Å²) in [7, 11) is 0. The van der Waals surface area contributed by atoms with Gasteiger partial charge in [0.05, 0.1) is 0 Å². The number of carboxylic acid groups (broad SMARTS) is 1. The summed E-state index contributed by atoms with van der Waals surface area (Å²) in [5, 5.41) is 11.1. The zero-order valence-electron chi connectivity index (χ0n) is 31.1. The molecule has 0 saturated carbocycles. The highest BCUT2D eigenvalue weighted by Crippen LogP contribution is 2.17. The summed E-state index contributed by atoms with van der Waals surface area (Å²) in [6.45, 7) is 4.10. The second kappa shape index (κ2) is 37.2. The van der Waals surface area contributed by atoms with Crippen molar-refractivity contribution in [1.29, 1.82) is 0 Å². The first-order valence-corrected chi connectivity index (χ1v) is 19.8. The van der Waals surface area contributed by atoms with Crippen LogP contribution in [-0.2, 0) is 19.1 Å². The van der Waals surface area contributed by atoms with Crippen LogP contribution in [0.5, 0.6) is 0 Å². The van der Waals surface area contributed by atoms with E-state index < -0.39 is 5.97 Å². The fraction of sp³-hybridized carbons (Fsp3) is 0.738. The van der Waals surface area contributed by atoms with Crippen molar-refractivity contribution in [3.05, 3.63) is 48.6 Å². The van der Waals surface area contributed by atoms with Crippen LogP contribution in [0.4, 0.5) is 0 Å². The molecule has 1 atom stereocenters. The minimum absolute atomic E-state index is 0.0478. The molecule has 0 aromatic carbocycles. The van der Waals surface area contributed by atoms with E-state index in [-0.39, 0.29) is 24.5 Å². The quantitative estimate of drug-likeness (QED) is 0.0397. The molecule has 0 aliphatic rings. The minimum atomic E-state index is -1.02. The predicted octanol–water partition coefficient (Wildman–Crippen LogP) is 11.9. The Kier molecular flexibility index (Phi) is 35.2. The fourth-order valence-corrected chi connectivity index (χ4v) is 5.62. The van der Waals surface area contributed by atoms with E-state index in [1.807, 2.05) is 0 Å². The average Bonchev–Trinajstić information content (AvgIpc) is 3.07. The Morgan fingerprint density at radius 2 is 1.02 bits per heavy atom. The fourth-order valence-electron chi connectivity index (χ4n) is 5.62. The molecule has 1 unspecified atom stereocenters. The van der Waals surface area contributed by atoms with E-state index in [1.54, 1.807) is 0 Å². The predicted molar refractivity (Wildman–Crippen MR) is 203 cm³/mol. The Labute approximate surface area is 295 Å². The van der Waals surface area contributed by atoms with Crippen LogP contribution in [0.15, 0.2) is 48.6 Å². The lowest BCUT2D eigenvalue weighted by Crippen LogP contribution is -2.28. The number of unbranched alkanes of at least 4 members (excludes halogenated alkanes) is 16. The maximum atomic E-state index is 12.7. The summed E-state index contributed by atoms with van der Waals surface area (Å²) in [5.41, 5.74) is 0. The number of carboxylic acids is 1. The molecule has 0 aromatic rings. The molecule has 2 N–H and O–H groups in total. The van der Waals surface area contributed by atoms with Gasteiger partial charge in [-0.15, -0.1) is 0 Å². The summed E-state index contributed by atoms with van der Waals surface area (Å²) < 4.78 is 5.97. The first-order valence-electron chi connectivity index (χ1n) is 19.8. The van der Waals surface area contributed by atoms with Crippen LogP contribution in [0.1, 0.15) is 187 Å². The van der Waals surface area contributed by atoms with Crippen LogP contribution in [0.25, 0.3) is 0 Å². The molecule has 6 heteroatoms. The van der Waals surface area contributed by atoms with E-state index in [4.69, 9.17) is 9.84 Å². The van der Waals surface area contributed by atoms with Gasteiger partial charge in [0, 0.05) is 12.8 Å². The van der Waals surface area contributed by atoms with Crippen LogP contribution in [0.3, 0.4) is 0 Å². The van der Waals surface area contributed by atoms with Gasteiger partial charge in [-0.1, -0.05) is 159 Å². The molecular formula is C42H73NO5. The Morgan fingerprint density at radius 1 is 0.562 bits per heavy atom. The highest BCUT2D eigenvalue weighted by atomic mass is 16.5. The lowest BCUT2D eigenvalue weighted by Gasteiger charge is -2.17. The van der Waals surface area contributed by atoms with Gasteiger partial charge in [-0.3, -0.25) is 14.4 Å². The standard InChI is InChI=1S/C42H73NO5/c1-3-5-7-9-11-13-15-17-19-21-23-26-30-34-39(35-31-27-25-28-32-36-40(44)43-38-41(45)46)48-42(47)37-33-29-24-22-20-18-16-14-12-10-8-6-4-2/h5,7,11,13,17,19,23,26,39H,3-4,6,8-10,12,14-16,18,20-22,24-25,27-38H2,1-2H3,(H,43,44)(H,45,46)/b7-5-,13-11-,19-17-,26-23-. The Morgan fingerprint density at radius 3 is 1.54 bits per heavy atom. The lowest BCUT2D eigenvalue weighted by molar-refractivity contribution is -0.150. The largest absolute Gasteiger partial charge is 0.480 e. The van der Waals surface area contributed by atoms with E-state index in [9.17, 15) is 14.4 Å². The second-order valence-electron chi connectivity index (χ2n) is 13.2. The van der Waals surface area contributed by atoms with Gasteiger partial charge < -0.3 is 15.2 Å². The van der Waals surface area contributed by atoms with Gasteiger partial charge in [0.2, 0.25) is 5.91 Å². The zero-order valence-corrected chi connectivity index (χ0v) is 31.1. The molecule has 0 aliphatic heterocycles. The average molecular weight is 672 g/mol. The molecule has 0 aromatic heterocycles. The molecule has 0 heterocycles. The van der Waals surface area contributed by atoms with E-state index in [1.165, 1.54) is 70.6 Å². The minimum Gasteiger partial charge on any atom is -0.480 e. The molecule has 0 saturated heterocycles. The highest BCUT2D eigenvalue weighted by molar-refractivity contribution is 5.80. The van der Waals surface area contributed by atoms with Crippen LogP contribution in [0, 0.1) is 0 Å². The first kappa shape index (κ1) is 45.4. The summed E-state index contributed by atoms with van der Waals surface area (Å²) in [6, 6.07) is 0. The second-order valence-corrected chi connectivity index (χ2v) is 13.2. The van der Waals surface area contributed by atoms with Crippen molar-refractivity contribution in [3.63, 3.8) is 0 Å². The normalized spacial score (nSPS) is 12.5. The van der Waals surface area contributed by atoms with Crippen LogP contribution in [0.2, 0.25) is 0 Å². The molecule has 276 valence electrons. The third-order valence-corrected chi connectivity index (χ3v) is 8.52. The van der Waals surface area contributed by atoms with Gasteiger partial charge in [0.1, 0.15) is 12.6 Å². The number of aliphatic carboxylic acids is 1. The number of amides is 1. The third-order valence-electron chi connectivity index (χ3n) is 8.52. The molecule has 0 rings (SSSR count). The molecule has 0 bridgehead atoms. The van der Waals surface area contributed by atoms with Crippen molar-refractivity contribution in [3.8, 4) is 0 Å². The van der Waals surface area contributed by atoms with Crippen LogP contribution in [-0.4, -0.2) is 35.6 Å². The maximum absolute atomic E-state index is 12.7. The Bertz CT molecular complexity index is 875. The molecule has 48 heavy (non-hydrogen) atoms. The molecule has 6 nitrogen and oxygen atoms in total. The van der Waals surface area contributed by atoms with Crippen molar-refractivity contribution in [2.75, 3.05) is 6.54 Å². The number of ether oxygens (including phenoxy) is 1. The first-order chi connectivity index (χ1) is 23.5. The van der Waals surface area contributed by atoms with Crippen molar-refractivity contribution in [2.45, 2.75) is 193 Å². The number of carbonyl (C=O) groups excluding carboxylic acids is 2. The molecular weight excluding hydrogens is 598 g/mol. The monoisotopic (exact) mass is 672 g/mol. The Balaban J connectivity index is 4.31. The van der Waals surface area contributed by atoms with Gasteiger partial charge in [-0.2, -0.15) is 0 Å². The zero-order chi connectivity index (χ0) is 35.2. The molecule has 0 fully saturated rings. The number of carbonyl (C=O) groups is 3. The van der Waals surface area contributed by atoms with E-state index in [0.29, 0.717) is 12.8 Å². The number of hydrogen-bond donors (Lipinski definition) is 2. The number of hydrogen-bond acceptors (Lipinski definition) is 4. The van der Waals surface area contributed by atoms with E-state index >= 15 is 0 Å². The molecule has 0 radical (unpaired) electrons. The van der Waals surface area contributed by atoms with Gasteiger partial charge in [0.25, 0.3) is 0 Å². The summed E-state index contributed by atoms with van der Waals surface area (Å²) >= 11 is 0. The SMILES string of the molecule is CC/C=C\C/C=C\C/C=C\C/C=C\CCC(CCCCCCCC(=O)NCC(=O)O)OC(=O)CCCCCCCCCCCCCCC. The highest BCUT2D eigenvalue weighted by Gasteiger charge is 2.14. The van der Waals surface area contributed by atoms with Crippen molar-refractivity contribution in [2.24, 2.45) is 0 Å². The van der Waals surface area contributed by atoms with E-state index in [2.05, 4.69) is 67.8 Å². The summed E-state index contributed by atoms with van der Waals surface area (Å²) in [5.74, 6) is -1.28. The van der Waals surface area contributed by atoms with E-state index in [0.717, 1.165) is 89.9 Å². The molecule has 0 spiro atoms. The Hall–Kier alpha value is -2.63. The maximum Gasteiger partial charge on any atom is 0.322 e. The lowest BCUT2D eigenvalue weighted by atomic mass is 10.0. The third kappa shape index (κ3) is 36.2. The molecule has 0 aliphatic carbocycles. The number of rotatable bonds is 35.